The molecule has 0 saturated carbocycles. The zero-order chi connectivity index (χ0) is 12.9. The topological polar surface area (TPSA) is 63.4 Å². The molecule has 0 saturated heterocycles. The van der Waals surface area contributed by atoms with Crippen LogP contribution in [0.1, 0.15) is 25.3 Å². The van der Waals surface area contributed by atoms with Gasteiger partial charge in [0.05, 0.1) is 11.4 Å². The molecule has 0 aliphatic heterocycles. The largest absolute Gasteiger partial charge is 0.326 e. The van der Waals surface area contributed by atoms with Crippen molar-refractivity contribution in [1.82, 2.24) is 0 Å². The lowest BCUT2D eigenvalue weighted by Crippen LogP contribution is -2.29. The highest BCUT2D eigenvalue weighted by Gasteiger charge is 2.17. The van der Waals surface area contributed by atoms with Crippen LogP contribution in [0.5, 0.6) is 0 Å². The molecule has 0 aromatic heterocycles. The van der Waals surface area contributed by atoms with Crippen molar-refractivity contribution < 1.29 is 8.42 Å². The zero-order valence-electron chi connectivity index (χ0n) is 10.4. The molecule has 0 bridgehead atoms. The lowest BCUT2D eigenvalue weighted by Gasteiger charge is -2.19. The van der Waals surface area contributed by atoms with E-state index in [-0.39, 0.29) is 5.75 Å². The van der Waals surface area contributed by atoms with Gasteiger partial charge in [0, 0.05) is 13.6 Å². The average Bonchev–Trinajstić information content (AvgIpc) is 2.35. The fourth-order valence-electron chi connectivity index (χ4n) is 1.50. The second-order valence-electron chi connectivity index (χ2n) is 4.01. The molecule has 0 unspecified atom stereocenters. The van der Waals surface area contributed by atoms with Crippen LogP contribution in [0.2, 0.25) is 0 Å². The van der Waals surface area contributed by atoms with Crippen LogP contribution >= 0.6 is 0 Å². The summed E-state index contributed by atoms with van der Waals surface area (Å²) >= 11 is 0. The Bertz CT molecular complexity index is 457. The molecular weight excluding hydrogens is 236 g/mol. The molecule has 0 aliphatic rings. The molecule has 2 N–H and O–H groups in total. The standard InChI is InChI=1S/C12H20N2O2S/c1-3-4-8-17(15,16)14(2)12-7-5-6-11(9-12)10-13/h5-7,9H,3-4,8,10,13H2,1-2H3. The van der Waals surface area contributed by atoms with E-state index in [0.717, 1.165) is 12.0 Å². The third-order valence-electron chi connectivity index (χ3n) is 2.68. The number of rotatable bonds is 6. The summed E-state index contributed by atoms with van der Waals surface area (Å²) in [5, 5.41) is 0. The Morgan fingerprint density at radius 2 is 2.06 bits per heavy atom. The predicted molar refractivity (Wildman–Crippen MR) is 71.4 cm³/mol. The van der Waals surface area contributed by atoms with Crippen LogP contribution in [0.25, 0.3) is 0 Å². The summed E-state index contributed by atoms with van der Waals surface area (Å²) in [6.07, 6.45) is 1.55. The fraction of sp³-hybridized carbons (Fsp3) is 0.500. The van der Waals surface area contributed by atoms with Crippen molar-refractivity contribution in [3.05, 3.63) is 29.8 Å². The number of hydrogen-bond donors (Lipinski definition) is 1. The third-order valence-corrected chi connectivity index (χ3v) is 4.53. The maximum absolute atomic E-state index is 12.0. The molecule has 0 heterocycles. The normalized spacial score (nSPS) is 11.5. The molecule has 96 valence electrons. The van der Waals surface area contributed by atoms with Crippen LogP contribution in [0.15, 0.2) is 24.3 Å². The summed E-state index contributed by atoms with van der Waals surface area (Å²) < 4.78 is 25.3. The fourth-order valence-corrected chi connectivity index (χ4v) is 2.87. The Morgan fingerprint density at radius 3 is 2.65 bits per heavy atom. The van der Waals surface area contributed by atoms with E-state index in [0.29, 0.717) is 18.7 Å². The van der Waals surface area contributed by atoms with Crippen molar-refractivity contribution in [2.45, 2.75) is 26.3 Å². The van der Waals surface area contributed by atoms with Crippen molar-refractivity contribution in [2.24, 2.45) is 5.73 Å². The van der Waals surface area contributed by atoms with E-state index in [9.17, 15) is 8.42 Å². The van der Waals surface area contributed by atoms with Crippen molar-refractivity contribution in [3.8, 4) is 0 Å². The number of nitrogens with zero attached hydrogens (tertiary/aromatic N) is 1. The number of benzene rings is 1. The van der Waals surface area contributed by atoms with Gasteiger partial charge in [-0.3, -0.25) is 4.31 Å². The highest BCUT2D eigenvalue weighted by atomic mass is 32.2. The quantitative estimate of drug-likeness (QED) is 0.842. The molecule has 1 rings (SSSR count). The van der Waals surface area contributed by atoms with Crippen LogP contribution in [0, 0.1) is 0 Å². The summed E-state index contributed by atoms with van der Waals surface area (Å²) in [6.45, 7) is 2.39. The lowest BCUT2D eigenvalue weighted by atomic mass is 10.2. The summed E-state index contributed by atoms with van der Waals surface area (Å²) in [7, 11) is -1.62. The maximum atomic E-state index is 12.0. The van der Waals surface area contributed by atoms with E-state index in [1.54, 1.807) is 13.1 Å². The van der Waals surface area contributed by atoms with Gasteiger partial charge < -0.3 is 5.73 Å². The Balaban J connectivity index is 2.91. The van der Waals surface area contributed by atoms with Crippen molar-refractivity contribution >= 4 is 15.7 Å². The number of unbranched alkanes of at least 4 members (excludes halogenated alkanes) is 1. The van der Waals surface area contributed by atoms with Crippen molar-refractivity contribution in [3.63, 3.8) is 0 Å². The van der Waals surface area contributed by atoms with Gasteiger partial charge in [-0.2, -0.15) is 0 Å². The van der Waals surface area contributed by atoms with E-state index in [1.165, 1.54) is 4.31 Å². The number of hydrogen-bond acceptors (Lipinski definition) is 3. The Kier molecular flexibility index (Phi) is 4.96. The average molecular weight is 256 g/mol. The molecule has 0 aliphatic carbocycles. The van der Waals surface area contributed by atoms with Gasteiger partial charge in [-0.1, -0.05) is 25.5 Å². The van der Waals surface area contributed by atoms with Crippen LogP contribution < -0.4 is 10.0 Å². The highest BCUT2D eigenvalue weighted by Crippen LogP contribution is 2.18. The maximum Gasteiger partial charge on any atom is 0.234 e. The first-order chi connectivity index (χ1) is 8.01. The van der Waals surface area contributed by atoms with E-state index in [2.05, 4.69) is 0 Å². The smallest absolute Gasteiger partial charge is 0.234 e. The van der Waals surface area contributed by atoms with Gasteiger partial charge in [0.2, 0.25) is 10.0 Å². The SMILES string of the molecule is CCCCS(=O)(=O)N(C)c1cccc(CN)c1. The van der Waals surface area contributed by atoms with Gasteiger partial charge in [0.1, 0.15) is 0 Å². The molecule has 0 amide bonds. The summed E-state index contributed by atoms with van der Waals surface area (Å²) in [5.74, 6) is 0.187. The Hall–Kier alpha value is -1.07. The van der Waals surface area contributed by atoms with E-state index >= 15 is 0 Å². The van der Waals surface area contributed by atoms with E-state index in [1.807, 2.05) is 25.1 Å². The first kappa shape index (κ1) is 14.0. The monoisotopic (exact) mass is 256 g/mol. The van der Waals surface area contributed by atoms with E-state index in [4.69, 9.17) is 5.73 Å². The number of nitrogens with two attached hydrogens (primary N) is 1. The third kappa shape index (κ3) is 3.71. The molecule has 17 heavy (non-hydrogen) atoms. The lowest BCUT2D eigenvalue weighted by molar-refractivity contribution is 0.591. The molecule has 0 spiro atoms. The minimum atomic E-state index is -3.21. The molecule has 1 aromatic carbocycles. The molecule has 0 fully saturated rings. The molecule has 0 radical (unpaired) electrons. The Morgan fingerprint density at radius 1 is 1.35 bits per heavy atom. The van der Waals surface area contributed by atoms with Gasteiger partial charge in [-0.15, -0.1) is 0 Å². The number of sulfonamides is 1. The van der Waals surface area contributed by atoms with Crippen molar-refractivity contribution in [1.29, 1.82) is 0 Å². The second kappa shape index (κ2) is 6.02. The van der Waals surface area contributed by atoms with Gasteiger partial charge in [0.25, 0.3) is 0 Å². The van der Waals surface area contributed by atoms with Gasteiger partial charge >= 0.3 is 0 Å². The van der Waals surface area contributed by atoms with Crippen LogP contribution in [-0.2, 0) is 16.6 Å². The summed E-state index contributed by atoms with van der Waals surface area (Å²) in [5.41, 5.74) is 7.14. The minimum absolute atomic E-state index is 0.187. The first-order valence-corrected chi connectivity index (χ1v) is 7.37. The minimum Gasteiger partial charge on any atom is -0.326 e. The van der Waals surface area contributed by atoms with Gasteiger partial charge in [0.15, 0.2) is 0 Å². The van der Waals surface area contributed by atoms with Gasteiger partial charge in [-0.25, -0.2) is 8.42 Å². The van der Waals surface area contributed by atoms with Crippen LogP contribution in [0.4, 0.5) is 5.69 Å². The zero-order valence-corrected chi connectivity index (χ0v) is 11.2. The summed E-state index contributed by atoms with van der Waals surface area (Å²) in [6, 6.07) is 7.30. The summed E-state index contributed by atoms with van der Waals surface area (Å²) in [4.78, 5) is 0. The predicted octanol–water partition coefficient (Wildman–Crippen LogP) is 1.71. The molecule has 5 heteroatoms. The highest BCUT2D eigenvalue weighted by molar-refractivity contribution is 7.92. The first-order valence-electron chi connectivity index (χ1n) is 5.77. The van der Waals surface area contributed by atoms with Crippen molar-refractivity contribution in [2.75, 3.05) is 17.1 Å². The molecule has 0 atom stereocenters. The van der Waals surface area contributed by atoms with E-state index < -0.39 is 10.0 Å². The Labute approximate surface area is 103 Å². The molecule has 4 nitrogen and oxygen atoms in total. The van der Waals surface area contributed by atoms with Crippen LogP contribution in [0.3, 0.4) is 0 Å². The number of anilines is 1. The van der Waals surface area contributed by atoms with Crippen LogP contribution in [-0.4, -0.2) is 21.2 Å². The molecule has 1 aromatic rings. The molecular formula is C12H20N2O2S. The second-order valence-corrected chi connectivity index (χ2v) is 6.13. The van der Waals surface area contributed by atoms with Gasteiger partial charge in [-0.05, 0) is 24.1 Å².